The van der Waals surface area contributed by atoms with Gasteiger partial charge in [0, 0.05) is 11.0 Å². The van der Waals surface area contributed by atoms with Gasteiger partial charge in [-0.25, -0.2) is 4.39 Å². The van der Waals surface area contributed by atoms with Crippen molar-refractivity contribution in [1.29, 1.82) is 0 Å². The van der Waals surface area contributed by atoms with E-state index in [-0.39, 0.29) is 22.6 Å². The molecule has 0 bridgehead atoms. The van der Waals surface area contributed by atoms with Gasteiger partial charge in [0.15, 0.2) is 0 Å². The molecule has 3 aliphatic rings. The highest BCUT2D eigenvalue weighted by molar-refractivity contribution is 5.75. The van der Waals surface area contributed by atoms with Gasteiger partial charge >= 0.3 is 5.97 Å². The monoisotopic (exact) mass is 526 g/mol. The molecular weight excluding hydrogens is 487 g/mol. The van der Waals surface area contributed by atoms with Gasteiger partial charge in [-0.15, -0.1) is 0 Å². The van der Waals surface area contributed by atoms with E-state index in [1.165, 1.54) is 29.5 Å². The molecule has 1 spiro atoms. The molecule has 0 amide bonds. The summed E-state index contributed by atoms with van der Waals surface area (Å²) < 4.78 is 21.4. The molecule has 0 radical (unpaired) electrons. The average molecular weight is 527 g/mol. The highest BCUT2D eigenvalue weighted by Crippen LogP contribution is 2.56. The first-order valence-electron chi connectivity index (χ1n) is 14.6. The zero-order valence-corrected chi connectivity index (χ0v) is 23.4. The van der Waals surface area contributed by atoms with Crippen LogP contribution < -0.4 is 4.74 Å². The Bertz CT molecular complexity index is 1420. The van der Waals surface area contributed by atoms with Crippen molar-refractivity contribution >= 4 is 5.97 Å². The van der Waals surface area contributed by atoms with Crippen LogP contribution in [0.1, 0.15) is 92.5 Å². The summed E-state index contributed by atoms with van der Waals surface area (Å²) in [5.74, 6) is 0.0112. The molecule has 3 aliphatic carbocycles. The number of halogens is 1. The molecule has 3 atom stereocenters. The first-order chi connectivity index (χ1) is 18.7. The Kier molecular flexibility index (Phi) is 6.56. The minimum absolute atomic E-state index is 0.158. The van der Waals surface area contributed by atoms with E-state index >= 15 is 4.39 Å². The molecule has 4 heteroatoms. The van der Waals surface area contributed by atoms with Crippen LogP contribution in [0.2, 0.25) is 0 Å². The van der Waals surface area contributed by atoms with E-state index in [4.69, 9.17) is 4.74 Å². The van der Waals surface area contributed by atoms with Crippen LogP contribution in [0.4, 0.5) is 4.39 Å². The highest BCUT2D eigenvalue weighted by atomic mass is 19.1. The van der Waals surface area contributed by atoms with Crippen molar-refractivity contribution in [2.75, 3.05) is 0 Å². The fourth-order valence-electron chi connectivity index (χ4n) is 7.83. The number of carboxylic acid groups (broad SMARTS) is 1. The number of benzene rings is 3. The maximum atomic E-state index is 15.0. The fourth-order valence-corrected chi connectivity index (χ4v) is 7.83. The molecule has 39 heavy (non-hydrogen) atoms. The second kappa shape index (κ2) is 9.80. The van der Waals surface area contributed by atoms with Crippen LogP contribution in [0.25, 0.3) is 11.1 Å². The predicted molar refractivity (Wildman–Crippen MR) is 153 cm³/mol. The van der Waals surface area contributed by atoms with E-state index in [2.05, 4.69) is 44.2 Å². The maximum absolute atomic E-state index is 15.0. The van der Waals surface area contributed by atoms with Crippen molar-refractivity contribution in [3.05, 3.63) is 88.2 Å². The summed E-state index contributed by atoms with van der Waals surface area (Å²) in [6, 6.07) is 18.0. The number of ether oxygens (including phenoxy) is 1. The third-order valence-electron chi connectivity index (χ3n) is 10.1. The fraction of sp³-hybridized carbons (Fsp3) is 0.457. The van der Waals surface area contributed by atoms with Gasteiger partial charge in [-0.05, 0) is 115 Å². The summed E-state index contributed by atoms with van der Waals surface area (Å²) in [6.07, 6.45) is 8.15. The smallest absolute Gasteiger partial charge is 0.307 e. The lowest BCUT2D eigenvalue weighted by molar-refractivity contribution is -0.150. The topological polar surface area (TPSA) is 46.5 Å². The quantitative estimate of drug-likeness (QED) is 0.349. The summed E-state index contributed by atoms with van der Waals surface area (Å²) in [6.45, 7) is 7.09. The van der Waals surface area contributed by atoms with Crippen LogP contribution >= 0.6 is 0 Å². The number of hydrogen-bond acceptors (Lipinski definition) is 2. The van der Waals surface area contributed by atoms with E-state index in [1.54, 1.807) is 6.07 Å². The average Bonchev–Trinajstić information content (AvgIpc) is 3.26. The van der Waals surface area contributed by atoms with Crippen LogP contribution in [-0.4, -0.2) is 11.1 Å². The second-order valence-corrected chi connectivity index (χ2v) is 12.9. The van der Waals surface area contributed by atoms with Crippen molar-refractivity contribution in [3.8, 4) is 16.9 Å². The van der Waals surface area contributed by atoms with Crippen molar-refractivity contribution in [1.82, 2.24) is 0 Å². The van der Waals surface area contributed by atoms with Gasteiger partial charge < -0.3 is 9.84 Å². The van der Waals surface area contributed by atoms with Crippen LogP contribution in [0.3, 0.4) is 0 Å². The van der Waals surface area contributed by atoms with E-state index in [1.807, 2.05) is 25.1 Å². The van der Waals surface area contributed by atoms with E-state index in [0.29, 0.717) is 18.1 Å². The van der Waals surface area contributed by atoms with Gasteiger partial charge in [0.1, 0.15) is 18.2 Å². The molecule has 2 saturated carbocycles. The van der Waals surface area contributed by atoms with Gasteiger partial charge in [0.05, 0.1) is 5.92 Å². The third-order valence-corrected chi connectivity index (χ3v) is 10.1. The Hall–Kier alpha value is -3.14. The van der Waals surface area contributed by atoms with Crippen molar-refractivity contribution in [2.45, 2.75) is 90.1 Å². The van der Waals surface area contributed by atoms with Gasteiger partial charge in [-0.3, -0.25) is 4.79 Å². The van der Waals surface area contributed by atoms with Crippen LogP contribution in [0.15, 0.2) is 54.6 Å². The van der Waals surface area contributed by atoms with Gasteiger partial charge in [-0.1, -0.05) is 56.2 Å². The molecule has 0 heterocycles. The first kappa shape index (κ1) is 26.1. The summed E-state index contributed by atoms with van der Waals surface area (Å²) in [4.78, 5) is 12.0. The van der Waals surface area contributed by atoms with Gasteiger partial charge in [0.2, 0.25) is 0 Å². The predicted octanol–water partition coefficient (Wildman–Crippen LogP) is 8.74. The number of aliphatic carboxylic acids is 1. The summed E-state index contributed by atoms with van der Waals surface area (Å²) >= 11 is 0. The van der Waals surface area contributed by atoms with Crippen LogP contribution in [0, 0.1) is 24.1 Å². The number of carbonyl (C=O) groups is 1. The Morgan fingerprint density at radius 2 is 1.82 bits per heavy atom. The highest BCUT2D eigenvalue weighted by Gasteiger charge is 2.53. The van der Waals surface area contributed by atoms with E-state index in [9.17, 15) is 9.90 Å². The van der Waals surface area contributed by atoms with Crippen LogP contribution in [0.5, 0.6) is 5.75 Å². The van der Waals surface area contributed by atoms with E-state index < -0.39 is 5.97 Å². The number of hydrogen-bond donors (Lipinski definition) is 1. The standard InChI is InChI=1S/C35H39FO3/c1-22-8-13-32(36)28(18-22)26-12-9-23(19-27(26)29-7-5-15-34(29,2)3)21-39-25-11-10-24-6-4-16-35(31(24)20-25)17-14-30(35)33(37)38/h8-13,18-20,29-30H,4-7,14-17,21H2,1-3H3,(H,37,38)/t29-,30+,35-/m0/s1. The Morgan fingerprint density at radius 3 is 2.54 bits per heavy atom. The Balaban J connectivity index is 1.31. The summed E-state index contributed by atoms with van der Waals surface area (Å²) in [7, 11) is 0. The molecule has 6 rings (SSSR count). The summed E-state index contributed by atoms with van der Waals surface area (Å²) in [5, 5.41) is 9.83. The Morgan fingerprint density at radius 1 is 0.974 bits per heavy atom. The van der Waals surface area contributed by atoms with Gasteiger partial charge in [0.25, 0.3) is 0 Å². The minimum Gasteiger partial charge on any atom is -0.489 e. The molecule has 1 N–H and O–H groups in total. The number of carboxylic acids is 1. The zero-order chi connectivity index (χ0) is 27.4. The van der Waals surface area contributed by atoms with Crippen LogP contribution in [-0.2, 0) is 23.2 Å². The van der Waals surface area contributed by atoms with Crippen molar-refractivity contribution in [2.24, 2.45) is 11.3 Å². The lowest BCUT2D eigenvalue weighted by atomic mass is 9.52. The number of fused-ring (bicyclic) bond motifs is 2. The Labute approximate surface area is 231 Å². The number of rotatable bonds is 6. The lowest BCUT2D eigenvalue weighted by Gasteiger charge is -2.51. The molecule has 0 aliphatic heterocycles. The molecule has 3 aromatic carbocycles. The second-order valence-electron chi connectivity index (χ2n) is 12.9. The maximum Gasteiger partial charge on any atom is 0.307 e. The molecule has 2 fully saturated rings. The molecule has 3 nitrogen and oxygen atoms in total. The lowest BCUT2D eigenvalue weighted by Crippen LogP contribution is -2.50. The number of aryl methyl sites for hydroxylation is 2. The molecule has 204 valence electrons. The third kappa shape index (κ3) is 4.56. The largest absolute Gasteiger partial charge is 0.489 e. The zero-order valence-electron chi connectivity index (χ0n) is 23.4. The molecule has 0 aromatic heterocycles. The molecule has 0 saturated heterocycles. The normalized spacial score (nSPS) is 25.2. The van der Waals surface area contributed by atoms with E-state index in [0.717, 1.165) is 61.0 Å². The summed E-state index contributed by atoms with van der Waals surface area (Å²) in [5.41, 5.74) is 7.38. The van der Waals surface area contributed by atoms with Crippen molar-refractivity contribution < 1.29 is 19.0 Å². The van der Waals surface area contributed by atoms with Gasteiger partial charge in [-0.2, -0.15) is 0 Å². The SMILES string of the molecule is Cc1ccc(F)c(-c2ccc(COc3ccc4c(c3)[C@@]3(CCC4)CC[C@@H]3C(=O)O)cc2[C@@H]2CCCC2(C)C)c1. The molecular formula is C35H39FO3. The molecule has 0 unspecified atom stereocenters. The first-order valence-corrected chi connectivity index (χ1v) is 14.6. The molecule has 3 aromatic rings. The minimum atomic E-state index is -0.673. The van der Waals surface area contributed by atoms with Crippen molar-refractivity contribution in [3.63, 3.8) is 0 Å².